The molecule has 0 aromatic heterocycles. The maximum Gasteiger partial charge on any atom is 0.472 e. The third-order valence-electron chi connectivity index (χ3n) is 15.8. The van der Waals surface area contributed by atoms with Crippen molar-refractivity contribution in [1.29, 1.82) is 0 Å². The SMILES string of the molecule is CC(C)CCCCCCCCCCCCCCCC(=O)OC[C@H](COP(=O)(O)OCC(O)COP(=O)(O)OC[C@@H](COC(=O)CCCCCCCCCC(C)C)OC(=O)CCCCCCCCC(C)C)OC(=O)CCCCCCCCCCCCC(C)C. The van der Waals surface area contributed by atoms with Crippen molar-refractivity contribution >= 4 is 39.5 Å². The van der Waals surface area contributed by atoms with Crippen LogP contribution in [0, 0.1) is 23.7 Å². The Morgan fingerprint density at radius 3 is 0.705 bits per heavy atom. The molecule has 0 heterocycles. The number of aliphatic hydroxyl groups excluding tert-OH is 1. The first-order valence-electron chi connectivity index (χ1n) is 35.7. The summed E-state index contributed by atoms with van der Waals surface area (Å²) >= 11 is 0. The third kappa shape index (κ3) is 62.8. The van der Waals surface area contributed by atoms with E-state index in [0.29, 0.717) is 37.5 Å². The minimum Gasteiger partial charge on any atom is -0.462 e. The molecule has 0 aliphatic carbocycles. The second-order valence-corrected chi connectivity index (χ2v) is 29.7. The van der Waals surface area contributed by atoms with E-state index in [0.717, 1.165) is 108 Å². The van der Waals surface area contributed by atoms with Crippen LogP contribution < -0.4 is 0 Å². The summed E-state index contributed by atoms with van der Waals surface area (Å²) in [5, 5.41) is 10.6. The number of phosphoric acid groups is 2. The molecule has 3 N–H and O–H groups in total. The lowest BCUT2D eigenvalue weighted by molar-refractivity contribution is -0.161. The highest BCUT2D eigenvalue weighted by Gasteiger charge is 2.30. The van der Waals surface area contributed by atoms with E-state index in [-0.39, 0.29) is 25.7 Å². The van der Waals surface area contributed by atoms with Crippen molar-refractivity contribution in [1.82, 2.24) is 0 Å². The maximum atomic E-state index is 13.0. The molecule has 0 radical (unpaired) electrons. The average Bonchev–Trinajstić information content (AvgIpc) is 3.68. The molecule has 0 aliphatic rings. The molecule has 522 valence electrons. The molecule has 0 saturated heterocycles. The number of hydrogen-bond donors (Lipinski definition) is 3. The van der Waals surface area contributed by atoms with E-state index in [4.69, 9.17) is 37.0 Å². The summed E-state index contributed by atoms with van der Waals surface area (Å²) in [5.74, 6) is 0.782. The Bertz CT molecular complexity index is 1750. The molecule has 17 nitrogen and oxygen atoms in total. The average molecular weight is 1300 g/mol. The smallest absolute Gasteiger partial charge is 0.462 e. The van der Waals surface area contributed by atoms with Gasteiger partial charge >= 0.3 is 39.5 Å². The minimum atomic E-state index is -4.95. The van der Waals surface area contributed by atoms with E-state index < -0.39 is 97.5 Å². The Kier molecular flexibility index (Phi) is 57.6. The Morgan fingerprint density at radius 2 is 0.477 bits per heavy atom. The van der Waals surface area contributed by atoms with Gasteiger partial charge in [0.25, 0.3) is 0 Å². The van der Waals surface area contributed by atoms with Crippen LogP contribution in [-0.2, 0) is 65.4 Å². The van der Waals surface area contributed by atoms with Crippen LogP contribution in [0.3, 0.4) is 0 Å². The number of hydrogen-bond acceptors (Lipinski definition) is 15. The number of carbonyl (C=O) groups is 4. The molecular weight excluding hydrogens is 1160 g/mol. The molecule has 0 rings (SSSR count). The van der Waals surface area contributed by atoms with E-state index in [2.05, 4.69) is 55.4 Å². The molecule has 88 heavy (non-hydrogen) atoms. The predicted molar refractivity (Wildman–Crippen MR) is 354 cm³/mol. The van der Waals surface area contributed by atoms with E-state index in [9.17, 15) is 43.2 Å². The standard InChI is InChI=1S/C69H134O17P2/c1-59(2)45-37-29-21-16-12-10-9-11-13-18-24-33-41-49-66(71)79-55-64(85-68(73)51-43-35-25-19-15-14-17-22-30-38-46-60(3)4)57-83-87(75,76)81-53-63(70)54-82-88(77,78)84-58-65(86-69(74)52-44-36-28-27-32-40-48-62(7)8)56-80-67(72)50-42-34-26-20-23-31-39-47-61(5)6/h59-65,70H,9-58H2,1-8H3,(H,75,76)(H,77,78)/t63?,64-,65-/m1/s1. The predicted octanol–water partition coefficient (Wildman–Crippen LogP) is 19.3. The van der Waals surface area contributed by atoms with Gasteiger partial charge in [-0.3, -0.25) is 37.3 Å². The number of rotatable bonds is 66. The molecule has 0 aromatic carbocycles. The van der Waals surface area contributed by atoms with Crippen LogP contribution in [0.4, 0.5) is 0 Å². The van der Waals surface area contributed by atoms with Crippen molar-refractivity contribution in [3.63, 3.8) is 0 Å². The molecule has 5 atom stereocenters. The molecule has 0 spiro atoms. The second kappa shape index (κ2) is 58.8. The van der Waals surface area contributed by atoms with E-state index >= 15 is 0 Å². The van der Waals surface area contributed by atoms with Crippen molar-refractivity contribution in [2.24, 2.45) is 23.7 Å². The Labute approximate surface area is 537 Å². The first-order valence-corrected chi connectivity index (χ1v) is 38.7. The quantitative estimate of drug-likeness (QED) is 0.0222. The lowest BCUT2D eigenvalue weighted by atomic mass is 10.0. The number of aliphatic hydroxyl groups is 1. The molecule has 0 aliphatic heterocycles. The summed E-state index contributed by atoms with van der Waals surface area (Å²) in [4.78, 5) is 72.4. The number of esters is 4. The highest BCUT2D eigenvalue weighted by atomic mass is 31.2. The monoisotopic (exact) mass is 1300 g/mol. The van der Waals surface area contributed by atoms with Crippen LogP contribution >= 0.6 is 15.6 Å². The minimum absolute atomic E-state index is 0.101. The fourth-order valence-electron chi connectivity index (χ4n) is 10.3. The van der Waals surface area contributed by atoms with Crippen molar-refractivity contribution in [2.75, 3.05) is 39.6 Å². The fourth-order valence-corrected chi connectivity index (χ4v) is 11.9. The van der Waals surface area contributed by atoms with E-state index in [1.165, 1.54) is 135 Å². The molecular formula is C69H134O17P2. The molecule has 0 aromatic rings. The number of unbranched alkanes of at least 4 members (excludes halogenated alkanes) is 32. The second-order valence-electron chi connectivity index (χ2n) is 26.8. The van der Waals surface area contributed by atoms with Crippen molar-refractivity contribution in [3.05, 3.63) is 0 Å². The van der Waals surface area contributed by atoms with Gasteiger partial charge in [0, 0.05) is 25.7 Å². The lowest BCUT2D eigenvalue weighted by Gasteiger charge is -2.21. The van der Waals surface area contributed by atoms with Crippen molar-refractivity contribution in [3.8, 4) is 0 Å². The first-order chi connectivity index (χ1) is 42.1. The van der Waals surface area contributed by atoms with Gasteiger partial charge in [0.15, 0.2) is 12.2 Å². The van der Waals surface area contributed by atoms with Gasteiger partial charge in [-0.05, 0) is 49.4 Å². The molecule has 3 unspecified atom stereocenters. The van der Waals surface area contributed by atoms with Crippen LogP contribution in [0.5, 0.6) is 0 Å². The Morgan fingerprint density at radius 1 is 0.284 bits per heavy atom. The molecule has 0 fully saturated rings. The highest BCUT2D eigenvalue weighted by Crippen LogP contribution is 2.45. The number of ether oxygens (including phenoxy) is 4. The molecule has 0 saturated carbocycles. The van der Waals surface area contributed by atoms with Gasteiger partial charge in [0.1, 0.15) is 19.3 Å². The van der Waals surface area contributed by atoms with Gasteiger partial charge in [-0.2, -0.15) is 0 Å². The topological polar surface area (TPSA) is 237 Å². The van der Waals surface area contributed by atoms with Gasteiger partial charge in [0.05, 0.1) is 26.4 Å². The van der Waals surface area contributed by atoms with Crippen LogP contribution in [0.15, 0.2) is 0 Å². The van der Waals surface area contributed by atoms with Crippen molar-refractivity contribution in [2.45, 2.75) is 356 Å². The Hall–Kier alpha value is -1.94. The first kappa shape index (κ1) is 86.1. The molecule has 0 amide bonds. The van der Waals surface area contributed by atoms with Crippen LogP contribution in [0.25, 0.3) is 0 Å². The van der Waals surface area contributed by atoms with Gasteiger partial charge in [-0.1, -0.05) is 287 Å². The summed E-state index contributed by atoms with van der Waals surface area (Å²) in [5.41, 5.74) is 0. The zero-order valence-electron chi connectivity index (χ0n) is 57.3. The van der Waals surface area contributed by atoms with Crippen LogP contribution in [0.1, 0.15) is 338 Å². The Balaban J connectivity index is 5.22. The summed E-state index contributed by atoms with van der Waals surface area (Å²) < 4.78 is 68.2. The van der Waals surface area contributed by atoms with Gasteiger partial charge in [0.2, 0.25) is 0 Å². The third-order valence-corrected chi connectivity index (χ3v) is 17.7. The zero-order valence-corrected chi connectivity index (χ0v) is 59.1. The highest BCUT2D eigenvalue weighted by molar-refractivity contribution is 7.47. The molecule has 0 bridgehead atoms. The lowest BCUT2D eigenvalue weighted by Crippen LogP contribution is -2.30. The number of carbonyl (C=O) groups excluding carboxylic acids is 4. The van der Waals surface area contributed by atoms with E-state index in [1.807, 2.05) is 0 Å². The van der Waals surface area contributed by atoms with Gasteiger partial charge < -0.3 is 33.8 Å². The summed E-state index contributed by atoms with van der Waals surface area (Å²) in [6.07, 6.45) is 40.6. The summed E-state index contributed by atoms with van der Waals surface area (Å²) in [6.45, 7) is 14.0. The number of phosphoric ester groups is 2. The van der Waals surface area contributed by atoms with E-state index in [1.54, 1.807) is 0 Å². The molecule has 19 heteroatoms. The normalized spacial score (nSPS) is 14.3. The maximum absolute atomic E-state index is 13.0. The van der Waals surface area contributed by atoms with Crippen LogP contribution in [0.2, 0.25) is 0 Å². The zero-order chi connectivity index (χ0) is 65.4. The van der Waals surface area contributed by atoms with Gasteiger partial charge in [-0.15, -0.1) is 0 Å². The van der Waals surface area contributed by atoms with Crippen molar-refractivity contribution < 1.29 is 80.2 Å². The van der Waals surface area contributed by atoms with Crippen LogP contribution in [-0.4, -0.2) is 96.7 Å². The van der Waals surface area contributed by atoms with Gasteiger partial charge in [-0.25, -0.2) is 9.13 Å². The summed E-state index contributed by atoms with van der Waals surface area (Å²) in [7, 11) is -9.90. The fraction of sp³-hybridized carbons (Fsp3) is 0.942. The summed E-state index contributed by atoms with van der Waals surface area (Å²) in [6, 6.07) is 0. The largest absolute Gasteiger partial charge is 0.472 e.